The molecule has 0 heterocycles. The van der Waals surface area contributed by atoms with Gasteiger partial charge in [0.1, 0.15) is 6.61 Å². The average molecular weight is 879 g/mol. The Morgan fingerprint density at radius 2 is 0.703 bits per heavy atom. The van der Waals surface area contributed by atoms with Gasteiger partial charge in [-0.3, -0.25) is 9.59 Å². The summed E-state index contributed by atoms with van der Waals surface area (Å²) >= 11 is 0. The molecule has 0 amide bonds. The summed E-state index contributed by atoms with van der Waals surface area (Å²) in [6, 6.07) is 0. The van der Waals surface area contributed by atoms with E-state index in [-0.39, 0.29) is 38.0 Å². The van der Waals surface area contributed by atoms with Crippen LogP contribution in [0.2, 0.25) is 0 Å². The van der Waals surface area contributed by atoms with Crippen LogP contribution in [0.5, 0.6) is 0 Å². The molecule has 0 aliphatic rings. The molecule has 0 saturated heterocycles. The van der Waals surface area contributed by atoms with E-state index in [4.69, 9.17) is 14.2 Å². The zero-order valence-corrected chi connectivity index (χ0v) is 40.7. The van der Waals surface area contributed by atoms with Crippen molar-refractivity contribution in [3.8, 4) is 0 Å². The number of rotatable bonds is 43. The number of hydrogen-bond donors (Lipinski definition) is 0. The minimum atomic E-state index is -0.632. The topological polar surface area (TPSA) is 61.8 Å². The van der Waals surface area contributed by atoms with Crippen molar-refractivity contribution in [2.75, 3.05) is 19.8 Å². The zero-order valence-electron chi connectivity index (χ0n) is 40.7. The third-order valence-electron chi connectivity index (χ3n) is 9.59. The second kappa shape index (κ2) is 52.9. The Kier molecular flexibility index (Phi) is 49.2. The van der Waals surface area contributed by atoms with E-state index in [9.17, 15) is 9.59 Å². The molecular weight excluding hydrogens is 789 g/mol. The molecule has 0 radical (unpaired) electrons. The van der Waals surface area contributed by atoms with Crippen molar-refractivity contribution in [1.29, 1.82) is 0 Å². The predicted molar refractivity (Wildman–Crippen MR) is 278 cm³/mol. The van der Waals surface area contributed by atoms with Crippen LogP contribution in [0.3, 0.4) is 0 Å². The maximum atomic E-state index is 12.7. The lowest BCUT2D eigenvalue weighted by atomic mass is 10.1. The molecule has 0 saturated carbocycles. The molecule has 5 heteroatoms. The predicted octanol–water partition coefficient (Wildman–Crippen LogP) is 17.1. The quantitative estimate of drug-likeness (QED) is 0.0347. The van der Waals surface area contributed by atoms with E-state index in [0.29, 0.717) is 13.0 Å². The highest BCUT2D eigenvalue weighted by Gasteiger charge is 2.17. The first-order valence-electron chi connectivity index (χ1n) is 25.0. The fourth-order valence-corrected chi connectivity index (χ4v) is 6.00. The lowest BCUT2D eigenvalue weighted by molar-refractivity contribution is -0.162. The zero-order chi connectivity index (χ0) is 46.3. The van der Waals surface area contributed by atoms with E-state index < -0.39 is 6.10 Å². The smallest absolute Gasteiger partial charge is 0.309 e. The van der Waals surface area contributed by atoms with Crippen LogP contribution in [-0.2, 0) is 23.8 Å². The third-order valence-corrected chi connectivity index (χ3v) is 9.59. The third kappa shape index (κ3) is 50.2. The molecule has 1 unspecified atom stereocenters. The highest BCUT2D eigenvalue weighted by Crippen LogP contribution is 2.10. The number of allylic oxidation sites excluding steroid dienone is 25. The fraction of sp³-hybridized carbons (Fsp3) is 0.525. The molecule has 0 aromatic heterocycles. The molecule has 0 spiro atoms. The van der Waals surface area contributed by atoms with Gasteiger partial charge in [0, 0.05) is 13.0 Å². The largest absolute Gasteiger partial charge is 0.461 e. The van der Waals surface area contributed by atoms with Crippen LogP contribution in [0, 0.1) is 0 Å². The number of unbranched alkanes of at least 4 members (excludes halogenated alkanes) is 7. The maximum Gasteiger partial charge on any atom is 0.309 e. The van der Waals surface area contributed by atoms with E-state index in [0.717, 1.165) is 103 Å². The standard InChI is InChI=1S/C59H90O5/c1-4-7-10-13-16-19-22-25-27-28-29-30-31-33-36-39-42-45-48-51-54-62-55-57(64-59(61)53-50-47-44-41-38-34-24-21-18-15-12-9-6-3)56-63-58(60)52-49-46-43-40-37-35-32-26-23-20-17-14-11-8-5-2/h7-12,16-21,25-27,29-30,32,34,37-38,40,44,46-47,49,57H,4-6,13-15,22-24,28,31,33,35-36,39,41-43,45,48,50-56H2,1-3H3/b10-7-,11-8-,12-9-,19-16-,20-17-,21-18-,27-25-,30-29-,32-26-,38-34-,40-37-,47-44-,49-46-. The van der Waals surface area contributed by atoms with Crippen molar-refractivity contribution in [2.24, 2.45) is 0 Å². The van der Waals surface area contributed by atoms with E-state index in [2.05, 4.69) is 161 Å². The molecular formula is C59H90O5. The monoisotopic (exact) mass is 879 g/mol. The van der Waals surface area contributed by atoms with Crippen LogP contribution >= 0.6 is 0 Å². The number of carbonyl (C=O) groups excluding carboxylic acids is 2. The molecule has 0 N–H and O–H groups in total. The van der Waals surface area contributed by atoms with Crippen molar-refractivity contribution in [3.63, 3.8) is 0 Å². The summed E-state index contributed by atoms with van der Waals surface area (Å²) < 4.78 is 17.2. The minimum absolute atomic E-state index is 0.0137. The molecule has 0 rings (SSSR count). The molecule has 0 fully saturated rings. The highest BCUT2D eigenvalue weighted by molar-refractivity contribution is 5.71. The van der Waals surface area contributed by atoms with Crippen LogP contribution < -0.4 is 0 Å². The molecule has 5 nitrogen and oxygen atoms in total. The summed E-state index contributed by atoms with van der Waals surface area (Å²) in [5.74, 6) is -0.660. The van der Waals surface area contributed by atoms with Crippen LogP contribution in [-0.4, -0.2) is 37.9 Å². The van der Waals surface area contributed by atoms with Gasteiger partial charge in [-0.05, 0) is 109 Å². The van der Waals surface area contributed by atoms with Crippen molar-refractivity contribution >= 4 is 11.9 Å². The molecule has 0 bridgehead atoms. The lowest BCUT2D eigenvalue weighted by Gasteiger charge is -2.18. The van der Waals surface area contributed by atoms with Gasteiger partial charge in [0.25, 0.3) is 0 Å². The molecule has 356 valence electrons. The second-order valence-electron chi connectivity index (χ2n) is 15.6. The Labute approximate surface area is 393 Å². The molecule has 0 aromatic rings. The van der Waals surface area contributed by atoms with Gasteiger partial charge in [0.15, 0.2) is 6.10 Å². The van der Waals surface area contributed by atoms with Crippen molar-refractivity contribution < 1.29 is 23.8 Å². The maximum absolute atomic E-state index is 12.7. The summed E-state index contributed by atoms with van der Waals surface area (Å²) in [5, 5.41) is 0. The first-order chi connectivity index (χ1) is 31.6. The highest BCUT2D eigenvalue weighted by atomic mass is 16.6. The van der Waals surface area contributed by atoms with Crippen LogP contribution in [0.4, 0.5) is 0 Å². The van der Waals surface area contributed by atoms with Crippen LogP contribution in [0.25, 0.3) is 0 Å². The Bertz CT molecular complexity index is 1460. The lowest BCUT2D eigenvalue weighted by Crippen LogP contribution is -2.30. The van der Waals surface area contributed by atoms with Gasteiger partial charge in [-0.25, -0.2) is 0 Å². The van der Waals surface area contributed by atoms with Crippen molar-refractivity contribution in [1.82, 2.24) is 0 Å². The minimum Gasteiger partial charge on any atom is -0.461 e. The Hall–Kier alpha value is -4.48. The van der Waals surface area contributed by atoms with Gasteiger partial charge >= 0.3 is 11.9 Å². The van der Waals surface area contributed by atoms with E-state index in [1.54, 1.807) is 0 Å². The summed E-state index contributed by atoms with van der Waals surface area (Å²) in [5.41, 5.74) is 0. The first kappa shape index (κ1) is 59.5. The van der Waals surface area contributed by atoms with Gasteiger partial charge in [-0.1, -0.05) is 211 Å². The van der Waals surface area contributed by atoms with Crippen LogP contribution in [0.15, 0.2) is 158 Å². The number of carbonyl (C=O) groups is 2. The van der Waals surface area contributed by atoms with Crippen molar-refractivity contribution in [2.45, 2.75) is 181 Å². The molecule has 0 aliphatic heterocycles. The first-order valence-corrected chi connectivity index (χ1v) is 25.0. The second-order valence-corrected chi connectivity index (χ2v) is 15.6. The summed E-state index contributed by atoms with van der Waals surface area (Å²) in [6.07, 6.45) is 78.6. The van der Waals surface area contributed by atoms with Crippen LogP contribution in [0.1, 0.15) is 175 Å². The fourth-order valence-electron chi connectivity index (χ4n) is 6.00. The molecule has 0 aromatic carbocycles. The number of ether oxygens (including phenoxy) is 3. The molecule has 1 atom stereocenters. The Balaban J connectivity index is 4.50. The Morgan fingerprint density at radius 1 is 0.359 bits per heavy atom. The summed E-state index contributed by atoms with van der Waals surface area (Å²) in [6.45, 7) is 7.24. The van der Waals surface area contributed by atoms with E-state index >= 15 is 0 Å². The summed E-state index contributed by atoms with van der Waals surface area (Å²) in [4.78, 5) is 25.3. The summed E-state index contributed by atoms with van der Waals surface area (Å²) in [7, 11) is 0. The van der Waals surface area contributed by atoms with Crippen molar-refractivity contribution in [3.05, 3.63) is 158 Å². The van der Waals surface area contributed by atoms with E-state index in [1.807, 2.05) is 18.2 Å². The van der Waals surface area contributed by atoms with E-state index in [1.165, 1.54) is 32.1 Å². The van der Waals surface area contributed by atoms with Gasteiger partial charge in [-0.15, -0.1) is 0 Å². The average Bonchev–Trinajstić information content (AvgIpc) is 3.30. The number of esters is 2. The molecule has 64 heavy (non-hydrogen) atoms. The van der Waals surface area contributed by atoms with Gasteiger partial charge < -0.3 is 14.2 Å². The SMILES string of the molecule is CC/C=C\C/C=C\C/C=C\C/C=C\C/C=C\CC(=O)OCC(COCCCCCCCCC/C=C\C/C=C\C/C=C\C/C=C\CC)OC(=O)CC/C=C\C/C=C\C/C=C\C/C=C\CC. The normalized spacial score (nSPS) is 13.6. The molecule has 0 aliphatic carbocycles. The van der Waals surface area contributed by atoms with Gasteiger partial charge in [-0.2, -0.15) is 0 Å². The van der Waals surface area contributed by atoms with Gasteiger partial charge in [0.05, 0.1) is 13.0 Å². The Morgan fingerprint density at radius 3 is 1.12 bits per heavy atom. The van der Waals surface area contributed by atoms with Gasteiger partial charge in [0.2, 0.25) is 0 Å². The number of hydrogen-bond acceptors (Lipinski definition) is 5.